The fourth-order valence-corrected chi connectivity index (χ4v) is 2.24. The summed E-state index contributed by atoms with van der Waals surface area (Å²) < 4.78 is 19.5. The van der Waals surface area contributed by atoms with Gasteiger partial charge in [0.2, 0.25) is 0 Å². The lowest BCUT2D eigenvalue weighted by atomic mass is 9.93. The monoisotopic (exact) mass is 286 g/mol. The molecule has 1 aliphatic heterocycles. The maximum atomic E-state index is 13.5. The first-order valence-corrected chi connectivity index (χ1v) is 6.00. The molecule has 16 heavy (non-hydrogen) atoms. The Morgan fingerprint density at radius 2 is 2.31 bits per heavy atom. The third-order valence-electron chi connectivity index (χ3n) is 2.74. The highest BCUT2D eigenvalue weighted by Gasteiger charge is 2.24. The first-order valence-electron chi connectivity index (χ1n) is 5.21. The van der Waals surface area contributed by atoms with Gasteiger partial charge in [0.15, 0.2) is 0 Å². The lowest BCUT2D eigenvalue weighted by molar-refractivity contribution is -0.130. The Kier molecular flexibility index (Phi) is 3.71. The largest absolute Gasteiger partial charge is 0.380 e. The molecule has 1 aliphatic rings. The van der Waals surface area contributed by atoms with Crippen molar-refractivity contribution in [2.24, 2.45) is 5.92 Å². The Hall–Kier alpha value is -0.740. The zero-order valence-electron chi connectivity index (χ0n) is 8.71. The molecule has 1 aromatic rings. The molecular formula is C12H12BrFO2. The standard InChI is InChI=1S/C12H12BrFO2/c13-10-1-2-11(14)8(6-10)5-9-7-16-4-3-12(9)15/h1-2,6,9H,3-5,7H2. The van der Waals surface area contributed by atoms with Crippen LogP contribution in [0.3, 0.4) is 0 Å². The average Bonchev–Trinajstić information content (AvgIpc) is 2.27. The minimum atomic E-state index is -0.262. The fourth-order valence-electron chi connectivity index (χ4n) is 1.83. The summed E-state index contributed by atoms with van der Waals surface area (Å²) in [6.45, 7) is 0.904. The number of carbonyl (C=O) groups excluding carboxylic acids is 1. The van der Waals surface area contributed by atoms with E-state index in [9.17, 15) is 9.18 Å². The quantitative estimate of drug-likeness (QED) is 0.836. The molecule has 0 N–H and O–H groups in total. The van der Waals surface area contributed by atoms with Crippen molar-refractivity contribution in [3.8, 4) is 0 Å². The number of hydrogen-bond donors (Lipinski definition) is 0. The van der Waals surface area contributed by atoms with Crippen LogP contribution in [0, 0.1) is 11.7 Å². The van der Waals surface area contributed by atoms with Crippen molar-refractivity contribution in [3.63, 3.8) is 0 Å². The van der Waals surface area contributed by atoms with Crippen LogP contribution in [0.5, 0.6) is 0 Å². The number of benzene rings is 1. The molecule has 0 aromatic heterocycles. The lowest BCUT2D eigenvalue weighted by Crippen LogP contribution is -2.29. The molecule has 1 heterocycles. The summed E-state index contributed by atoms with van der Waals surface area (Å²) in [5.41, 5.74) is 0.568. The summed E-state index contributed by atoms with van der Waals surface area (Å²) in [6, 6.07) is 4.78. The predicted molar refractivity (Wildman–Crippen MR) is 61.7 cm³/mol. The molecule has 1 saturated heterocycles. The van der Waals surface area contributed by atoms with Gasteiger partial charge in [-0.05, 0) is 30.2 Å². The number of carbonyl (C=O) groups is 1. The van der Waals surface area contributed by atoms with E-state index in [1.807, 2.05) is 0 Å². The van der Waals surface area contributed by atoms with Crippen molar-refractivity contribution >= 4 is 21.7 Å². The highest BCUT2D eigenvalue weighted by Crippen LogP contribution is 2.21. The second-order valence-electron chi connectivity index (χ2n) is 3.93. The van der Waals surface area contributed by atoms with Crippen LogP contribution in [-0.2, 0) is 16.0 Å². The molecule has 0 aliphatic carbocycles. The van der Waals surface area contributed by atoms with E-state index in [1.54, 1.807) is 12.1 Å². The Labute approximate surface area is 102 Å². The zero-order valence-corrected chi connectivity index (χ0v) is 10.3. The van der Waals surface area contributed by atoms with Crippen LogP contribution in [0.25, 0.3) is 0 Å². The summed E-state index contributed by atoms with van der Waals surface area (Å²) in [7, 11) is 0. The van der Waals surface area contributed by atoms with Gasteiger partial charge in [0.25, 0.3) is 0 Å². The first-order chi connectivity index (χ1) is 7.66. The van der Waals surface area contributed by atoms with Crippen LogP contribution < -0.4 is 0 Å². The normalized spacial score (nSPS) is 21.1. The van der Waals surface area contributed by atoms with Gasteiger partial charge < -0.3 is 4.74 Å². The number of ketones is 1. The third kappa shape index (κ3) is 2.68. The van der Waals surface area contributed by atoms with E-state index in [1.165, 1.54) is 6.07 Å². The maximum Gasteiger partial charge on any atom is 0.140 e. The Morgan fingerprint density at radius 3 is 3.06 bits per heavy atom. The van der Waals surface area contributed by atoms with Gasteiger partial charge >= 0.3 is 0 Å². The van der Waals surface area contributed by atoms with Gasteiger partial charge in [0.1, 0.15) is 11.6 Å². The SMILES string of the molecule is O=C1CCOCC1Cc1cc(Br)ccc1F. The van der Waals surface area contributed by atoms with Crippen LogP contribution >= 0.6 is 15.9 Å². The first kappa shape index (κ1) is 11.7. The fraction of sp³-hybridized carbons (Fsp3) is 0.417. The molecule has 1 aromatic carbocycles. The van der Waals surface area contributed by atoms with E-state index in [-0.39, 0.29) is 17.5 Å². The molecule has 0 radical (unpaired) electrons. The number of hydrogen-bond acceptors (Lipinski definition) is 2. The van der Waals surface area contributed by atoms with Crippen LogP contribution in [0.1, 0.15) is 12.0 Å². The molecule has 4 heteroatoms. The summed E-state index contributed by atoms with van der Waals surface area (Å²) >= 11 is 3.29. The predicted octanol–water partition coefficient (Wildman–Crippen LogP) is 2.74. The second kappa shape index (κ2) is 5.06. The topological polar surface area (TPSA) is 26.3 Å². The van der Waals surface area contributed by atoms with Gasteiger partial charge in [0.05, 0.1) is 13.2 Å². The van der Waals surface area contributed by atoms with Gasteiger partial charge in [-0.3, -0.25) is 4.79 Å². The van der Waals surface area contributed by atoms with E-state index in [2.05, 4.69) is 15.9 Å². The highest BCUT2D eigenvalue weighted by molar-refractivity contribution is 9.10. The molecule has 1 fully saturated rings. The van der Waals surface area contributed by atoms with E-state index in [4.69, 9.17) is 4.74 Å². The van der Waals surface area contributed by atoms with E-state index < -0.39 is 0 Å². The van der Waals surface area contributed by atoms with Crippen LogP contribution in [0.4, 0.5) is 4.39 Å². The second-order valence-corrected chi connectivity index (χ2v) is 4.84. The Morgan fingerprint density at radius 1 is 1.50 bits per heavy atom. The van der Waals surface area contributed by atoms with Gasteiger partial charge in [-0.1, -0.05) is 15.9 Å². The summed E-state index contributed by atoms with van der Waals surface area (Å²) in [5.74, 6) is -0.287. The van der Waals surface area contributed by atoms with Crippen molar-refractivity contribution in [2.45, 2.75) is 12.8 Å². The van der Waals surface area contributed by atoms with Crippen molar-refractivity contribution < 1.29 is 13.9 Å². The smallest absolute Gasteiger partial charge is 0.140 e. The molecule has 1 unspecified atom stereocenters. The van der Waals surface area contributed by atoms with Gasteiger partial charge in [-0.15, -0.1) is 0 Å². The minimum Gasteiger partial charge on any atom is -0.380 e. The summed E-state index contributed by atoms with van der Waals surface area (Å²) in [6.07, 6.45) is 0.865. The zero-order chi connectivity index (χ0) is 11.5. The van der Waals surface area contributed by atoms with Gasteiger partial charge in [-0.2, -0.15) is 0 Å². The molecule has 0 bridgehead atoms. The van der Waals surface area contributed by atoms with Crippen molar-refractivity contribution in [1.29, 1.82) is 0 Å². The Bertz CT molecular complexity index is 406. The van der Waals surface area contributed by atoms with Crippen molar-refractivity contribution in [3.05, 3.63) is 34.1 Å². The molecule has 86 valence electrons. The lowest BCUT2D eigenvalue weighted by Gasteiger charge is -2.21. The third-order valence-corrected chi connectivity index (χ3v) is 3.23. The van der Waals surface area contributed by atoms with E-state index in [0.29, 0.717) is 31.6 Å². The minimum absolute atomic E-state index is 0.172. The number of rotatable bonds is 2. The molecule has 1 atom stereocenters. The Balaban J connectivity index is 2.13. The van der Waals surface area contributed by atoms with Gasteiger partial charge in [0, 0.05) is 16.8 Å². The molecule has 0 amide bonds. The van der Waals surface area contributed by atoms with Crippen LogP contribution in [0.2, 0.25) is 0 Å². The summed E-state index contributed by atoms with van der Waals surface area (Å²) in [5, 5.41) is 0. The average molecular weight is 287 g/mol. The number of ether oxygens (including phenoxy) is 1. The number of Topliss-reactive ketones (excluding diaryl/α,β-unsaturated/α-hetero) is 1. The molecule has 2 rings (SSSR count). The molecule has 0 spiro atoms. The molecule has 2 nitrogen and oxygen atoms in total. The van der Waals surface area contributed by atoms with Crippen molar-refractivity contribution in [2.75, 3.05) is 13.2 Å². The maximum absolute atomic E-state index is 13.5. The summed E-state index contributed by atoms with van der Waals surface area (Å²) in [4.78, 5) is 11.6. The number of halogens is 2. The van der Waals surface area contributed by atoms with Crippen molar-refractivity contribution in [1.82, 2.24) is 0 Å². The van der Waals surface area contributed by atoms with Crippen LogP contribution in [-0.4, -0.2) is 19.0 Å². The highest BCUT2D eigenvalue weighted by atomic mass is 79.9. The van der Waals surface area contributed by atoms with Crippen LogP contribution in [0.15, 0.2) is 22.7 Å². The molecule has 0 saturated carbocycles. The molecular weight excluding hydrogens is 275 g/mol. The van der Waals surface area contributed by atoms with Gasteiger partial charge in [-0.25, -0.2) is 4.39 Å². The van der Waals surface area contributed by atoms with E-state index >= 15 is 0 Å². The van der Waals surface area contributed by atoms with E-state index in [0.717, 1.165) is 4.47 Å².